The number of rotatable bonds is 5. The van der Waals surface area contributed by atoms with Crippen LogP contribution in [-0.2, 0) is 21.5 Å². The summed E-state index contributed by atoms with van der Waals surface area (Å²) in [6.45, 7) is 3.38. The second-order valence-electron chi connectivity index (χ2n) is 7.57. The fraction of sp³-hybridized carbons (Fsp3) is 0.208. The normalized spacial score (nSPS) is 18.5. The largest absolute Gasteiger partial charge is 0.325 e. The molecular formula is C24H23N3O3. The van der Waals surface area contributed by atoms with Gasteiger partial charge in [-0.3, -0.25) is 14.5 Å². The predicted octanol–water partition coefficient (Wildman–Crippen LogP) is 3.81. The molecule has 1 atom stereocenters. The number of imide groups is 1. The minimum Gasteiger partial charge on any atom is -0.325 e. The highest BCUT2D eigenvalue weighted by atomic mass is 16.2. The molecule has 2 N–H and O–H groups in total. The lowest BCUT2D eigenvalue weighted by molar-refractivity contribution is -0.133. The smallest absolute Gasteiger partial charge is 0.325 e. The van der Waals surface area contributed by atoms with Crippen molar-refractivity contribution in [2.24, 2.45) is 0 Å². The van der Waals surface area contributed by atoms with Crippen LogP contribution in [0.2, 0.25) is 0 Å². The third kappa shape index (κ3) is 3.41. The molecular weight excluding hydrogens is 378 g/mol. The molecule has 0 bridgehead atoms. The lowest BCUT2D eigenvalue weighted by Gasteiger charge is -2.24. The lowest BCUT2D eigenvalue weighted by atomic mass is 9.88. The molecule has 6 nitrogen and oxygen atoms in total. The Morgan fingerprint density at radius 3 is 2.43 bits per heavy atom. The topological polar surface area (TPSA) is 78.5 Å². The van der Waals surface area contributed by atoms with E-state index < -0.39 is 23.4 Å². The summed E-state index contributed by atoms with van der Waals surface area (Å²) >= 11 is 0. The van der Waals surface area contributed by atoms with Crippen LogP contribution in [0.4, 0.5) is 10.5 Å². The van der Waals surface area contributed by atoms with Crippen LogP contribution >= 0.6 is 0 Å². The van der Waals surface area contributed by atoms with Gasteiger partial charge in [0.05, 0.1) is 0 Å². The van der Waals surface area contributed by atoms with Crippen LogP contribution in [0.5, 0.6) is 0 Å². The van der Waals surface area contributed by atoms with Crippen LogP contribution in [0.3, 0.4) is 0 Å². The quantitative estimate of drug-likeness (QED) is 0.638. The van der Waals surface area contributed by atoms with E-state index in [0.717, 1.165) is 27.7 Å². The SMILES string of the molecule is CCc1ccc(NC(=O)CN2C(=O)NC(C)(c3cccc4ccccc34)C2=O)cc1. The molecule has 4 amide bonds. The number of hydrogen-bond acceptors (Lipinski definition) is 3. The summed E-state index contributed by atoms with van der Waals surface area (Å²) in [6, 6.07) is 20.2. The highest BCUT2D eigenvalue weighted by Gasteiger charge is 2.50. The maximum absolute atomic E-state index is 13.2. The Labute approximate surface area is 174 Å². The zero-order valence-electron chi connectivity index (χ0n) is 16.9. The number of carbonyl (C=O) groups is 3. The molecule has 0 aromatic heterocycles. The Morgan fingerprint density at radius 1 is 1.00 bits per heavy atom. The fourth-order valence-corrected chi connectivity index (χ4v) is 3.85. The van der Waals surface area contributed by atoms with Gasteiger partial charge in [0.15, 0.2) is 0 Å². The van der Waals surface area contributed by atoms with Gasteiger partial charge in [0.2, 0.25) is 5.91 Å². The summed E-state index contributed by atoms with van der Waals surface area (Å²) in [7, 11) is 0. The number of benzene rings is 3. The first-order valence-electron chi connectivity index (χ1n) is 9.93. The standard InChI is InChI=1S/C24H23N3O3/c1-3-16-11-13-18(14-12-16)25-21(28)15-27-22(29)24(2,26-23(27)30)20-10-6-8-17-7-4-5-9-19(17)20/h4-14H,3,15H2,1-2H3,(H,25,28)(H,26,30). The number of anilines is 1. The van der Waals surface area contributed by atoms with Crippen LogP contribution in [0.15, 0.2) is 66.7 Å². The molecule has 3 aromatic carbocycles. The second kappa shape index (κ2) is 7.63. The van der Waals surface area contributed by atoms with Gasteiger partial charge in [0, 0.05) is 5.69 Å². The Kier molecular flexibility index (Phi) is 4.99. The first-order chi connectivity index (χ1) is 14.4. The van der Waals surface area contributed by atoms with E-state index in [9.17, 15) is 14.4 Å². The predicted molar refractivity (Wildman–Crippen MR) is 116 cm³/mol. The van der Waals surface area contributed by atoms with E-state index >= 15 is 0 Å². The third-order valence-electron chi connectivity index (χ3n) is 5.55. The Hall–Kier alpha value is -3.67. The van der Waals surface area contributed by atoms with Gasteiger partial charge in [0.1, 0.15) is 12.1 Å². The average molecular weight is 401 g/mol. The number of amides is 4. The summed E-state index contributed by atoms with van der Waals surface area (Å²) in [6.07, 6.45) is 0.906. The van der Waals surface area contributed by atoms with E-state index in [-0.39, 0.29) is 6.54 Å². The van der Waals surface area contributed by atoms with E-state index in [1.54, 1.807) is 6.92 Å². The van der Waals surface area contributed by atoms with Gasteiger partial charge < -0.3 is 10.6 Å². The van der Waals surface area contributed by atoms with Crippen molar-refractivity contribution in [3.63, 3.8) is 0 Å². The molecule has 1 aliphatic heterocycles. The number of carbonyl (C=O) groups excluding carboxylic acids is 3. The zero-order valence-corrected chi connectivity index (χ0v) is 16.9. The first kappa shape index (κ1) is 19.6. The molecule has 1 heterocycles. The molecule has 1 fully saturated rings. The van der Waals surface area contributed by atoms with E-state index in [2.05, 4.69) is 17.6 Å². The van der Waals surface area contributed by atoms with Crippen molar-refractivity contribution in [1.29, 1.82) is 0 Å². The number of aryl methyl sites for hydroxylation is 1. The minimum atomic E-state index is -1.24. The summed E-state index contributed by atoms with van der Waals surface area (Å²) in [5, 5.41) is 7.39. The van der Waals surface area contributed by atoms with Crippen LogP contribution in [0.25, 0.3) is 10.8 Å². The van der Waals surface area contributed by atoms with Gasteiger partial charge in [-0.15, -0.1) is 0 Å². The van der Waals surface area contributed by atoms with E-state index in [1.807, 2.05) is 66.7 Å². The van der Waals surface area contributed by atoms with Crippen LogP contribution in [0, 0.1) is 0 Å². The van der Waals surface area contributed by atoms with Crippen LogP contribution in [-0.4, -0.2) is 29.3 Å². The summed E-state index contributed by atoms with van der Waals surface area (Å²) in [4.78, 5) is 39.3. The molecule has 4 rings (SSSR count). The van der Waals surface area contributed by atoms with Gasteiger partial charge in [-0.05, 0) is 47.4 Å². The van der Waals surface area contributed by atoms with Crippen molar-refractivity contribution in [1.82, 2.24) is 10.2 Å². The van der Waals surface area contributed by atoms with Crippen molar-refractivity contribution in [2.45, 2.75) is 25.8 Å². The first-order valence-corrected chi connectivity index (χ1v) is 9.93. The van der Waals surface area contributed by atoms with Gasteiger partial charge in [-0.25, -0.2) is 4.79 Å². The molecule has 0 radical (unpaired) electrons. The monoisotopic (exact) mass is 401 g/mol. The van der Waals surface area contributed by atoms with Gasteiger partial charge in [0.25, 0.3) is 5.91 Å². The van der Waals surface area contributed by atoms with Gasteiger partial charge in [-0.1, -0.05) is 61.5 Å². The second-order valence-corrected chi connectivity index (χ2v) is 7.57. The fourth-order valence-electron chi connectivity index (χ4n) is 3.85. The highest BCUT2D eigenvalue weighted by Crippen LogP contribution is 2.33. The number of fused-ring (bicyclic) bond motifs is 1. The number of nitrogens with zero attached hydrogens (tertiary/aromatic N) is 1. The molecule has 30 heavy (non-hydrogen) atoms. The van der Waals surface area contributed by atoms with Crippen molar-refractivity contribution in [3.8, 4) is 0 Å². The summed E-state index contributed by atoms with van der Waals surface area (Å²) in [5.41, 5.74) is 1.26. The molecule has 1 unspecified atom stereocenters. The number of urea groups is 1. The maximum atomic E-state index is 13.2. The van der Waals surface area contributed by atoms with Crippen molar-refractivity contribution < 1.29 is 14.4 Å². The summed E-state index contributed by atoms with van der Waals surface area (Å²) in [5.74, 6) is -0.870. The molecule has 1 saturated heterocycles. The molecule has 0 spiro atoms. The molecule has 0 aliphatic carbocycles. The van der Waals surface area contributed by atoms with Crippen molar-refractivity contribution in [2.75, 3.05) is 11.9 Å². The summed E-state index contributed by atoms with van der Waals surface area (Å²) < 4.78 is 0. The number of hydrogen-bond donors (Lipinski definition) is 2. The van der Waals surface area contributed by atoms with E-state index in [0.29, 0.717) is 11.3 Å². The van der Waals surface area contributed by atoms with Crippen LogP contribution in [0.1, 0.15) is 25.0 Å². The van der Waals surface area contributed by atoms with Crippen LogP contribution < -0.4 is 10.6 Å². The lowest BCUT2D eigenvalue weighted by Crippen LogP contribution is -2.42. The number of nitrogens with one attached hydrogen (secondary N) is 2. The Balaban J connectivity index is 1.55. The third-order valence-corrected chi connectivity index (χ3v) is 5.55. The minimum absolute atomic E-state index is 0.347. The maximum Gasteiger partial charge on any atom is 0.325 e. The van der Waals surface area contributed by atoms with Gasteiger partial charge >= 0.3 is 6.03 Å². The highest BCUT2D eigenvalue weighted by molar-refractivity contribution is 6.11. The van der Waals surface area contributed by atoms with Crippen molar-refractivity contribution in [3.05, 3.63) is 77.9 Å². The Morgan fingerprint density at radius 2 is 1.70 bits per heavy atom. The Bertz CT molecular complexity index is 1130. The van der Waals surface area contributed by atoms with E-state index in [1.165, 1.54) is 0 Å². The molecule has 0 saturated carbocycles. The molecule has 6 heteroatoms. The molecule has 152 valence electrons. The zero-order chi connectivity index (χ0) is 21.3. The van der Waals surface area contributed by atoms with E-state index in [4.69, 9.17) is 0 Å². The molecule has 1 aliphatic rings. The van der Waals surface area contributed by atoms with Crippen molar-refractivity contribution >= 4 is 34.3 Å². The molecule has 3 aromatic rings. The van der Waals surface area contributed by atoms with Gasteiger partial charge in [-0.2, -0.15) is 0 Å². The average Bonchev–Trinajstić information content (AvgIpc) is 2.97.